The highest BCUT2D eigenvalue weighted by Gasteiger charge is 2.39. The molecule has 3 aromatic rings. The minimum Gasteiger partial charge on any atom is -0.481 e. The number of carbonyl (C=O) groups excluding carboxylic acids is 1. The zero-order chi connectivity index (χ0) is 28.8. The summed E-state index contributed by atoms with van der Waals surface area (Å²) in [7, 11) is 0. The Balaban J connectivity index is 1.57. The first-order valence-corrected chi connectivity index (χ1v) is 13.9. The first-order chi connectivity index (χ1) is 18.8. The van der Waals surface area contributed by atoms with Crippen molar-refractivity contribution in [2.75, 3.05) is 29.4 Å². The molecular formula is C30H39N5O5. The molecule has 0 aliphatic carbocycles. The zero-order valence-corrected chi connectivity index (χ0v) is 24.2. The average Bonchev–Trinajstić information content (AvgIpc) is 3.45. The summed E-state index contributed by atoms with van der Waals surface area (Å²) in [5.41, 5.74) is 1.10. The van der Waals surface area contributed by atoms with Crippen molar-refractivity contribution < 1.29 is 24.2 Å². The number of hydrogen-bond donors (Lipinski definition) is 1. The van der Waals surface area contributed by atoms with E-state index >= 15 is 0 Å². The van der Waals surface area contributed by atoms with Crippen molar-refractivity contribution in [3.05, 3.63) is 47.7 Å². The summed E-state index contributed by atoms with van der Waals surface area (Å²) < 4.78 is 13.7. The van der Waals surface area contributed by atoms with Crippen molar-refractivity contribution in [1.82, 2.24) is 14.6 Å². The number of nitrogens with zero attached hydrogens (tertiary/aromatic N) is 5. The Kier molecular flexibility index (Phi) is 7.24. The fourth-order valence-corrected chi connectivity index (χ4v) is 5.41. The molecule has 2 aliphatic rings. The van der Waals surface area contributed by atoms with Crippen LogP contribution in [-0.4, -0.2) is 62.9 Å². The van der Waals surface area contributed by atoms with Crippen molar-refractivity contribution in [2.24, 2.45) is 5.41 Å². The zero-order valence-electron chi connectivity index (χ0n) is 24.2. The molecular weight excluding hydrogens is 510 g/mol. The van der Waals surface area contributed by atoms with Gasteiger partial charge in [-0.3, -0.25) is 9.69 Å². The molecule has 0 radical (unpaired) electrons. The Morgan fingerprint density at radius 2 is 1.80 bits per heavy atom. The number of aliphatic carboxylic acids is 1. The van der Waals surface area contributed by atoms with Gasteiger partial charge in [0.1, 0.15) is 11.6 Å². The van der Waals surface area contributed by atoms with Gasteiger partial charge in [-0.1, -0.05) is 32.0 Å². The van der Waals surface area contributed by atoms with Gasteiger partial charge < -0.3 is 19.5 Å². The number of carboxylic acids is 1. The number of hydrogen-bond acceptors (Lipinski definition) is 7. The predicted molar refractivity (Wildman–Crippen MR) is 152 cm³/mol. The van der Waals surface area contributed by atoms with Gasteiger partial charge in [0, 0.05) is 37.8 Å². The molecule has 10 nitrogen and oxygen atoms in total. The van der Waals surface area contributed by atoms with E-state index in [4.69, 9.17) is 19.6 Å². The molecule has 0 spiro atoms. The number of ether oxygens (including phenoxy) is 2. The third-order valence-corrected chi connectivity index (χ3v) is 7.62. The fraction of sp³-hybridized carbons (Fsp3) is 0.533. The van der Waals surface area contributed by atoms with Crippen molar-refractivity contribution in [1.29, 1.82) is 0 Å². The molecule has 2 aromatic heterocycles. The van der Waals surface area contributed by atoms with Gasteiger partial charge in [-0.25, -0.2) is 9.78 Å². The monoisotopic (exact) mass is 549 g/mol. The lowest BCUT2D eigenvalue weighted by molar-refractivity contribution is -0.160. The van der Waals surface area contributed by atoms with Gasteiger partial charge in [-0.05, 0) is 58.1 Å². The summed E-state index contributed by atoms with van der Waals surface area (Å²) in [6.45, 7) is 13.8. The van der Waals surface area contributed by atoms with E-state index in [9.17, 15) is 14.7 Å². The summed E-state index contributed by atoms with van der Waals surface area (Å²) in [5, 5.41) is 15.1. The van der Waals surface area contributed by atoms with Crippen LogP contribution in [0.5, 0.6) is 5.75 Å². The van der Waals surface area contributed by atoms with Crippen LogP contribution in [0, 0.1) is 12.3 Å². The molecule has 2 saturated heterocycles. The third kappa shape index (κ3) is 5.63. The molecule has 0 saturated carbocycles. The summed E-state index contributed by atoms with van der Waals surface area (Å²) in [5.74, 6) is 0.527. The van der Waals surface area contributed by atoms with Crippen molar-refractivity contribution >= 4 is 29.2 Å². The SMILES string of the molecule is Cc1nc2cc(N3CCC(Oc4ccccc4)C3=O)nn2c(N2CCC(C)(C)CC2)c1C(OC(C)(C)C)C(=O)O. The van der Waals surface area contributed by atoms with Crippen LogP contribution < -0.4 is 14.5 Å². The van der Waals surface area contributed by atoms with Gasteiger partial charge in [0.2, 0.25) is 0 Å². The molecule has 1 amide bonds. The number of para-hydroxylation sites is 1. The van der Waals surface area contributed by atoms with E-state index in [1.165, 1.54) is 0 Å². The lowest BCUT2D eigenvalue weighted by Gasteiger charge is -2.39. The van der Waals surface area contributed by atoms with E-state index in [1.807, 2.05) is 58.0 Å². The Morgan fingerprint density at radius 3 is 2.42 bits per heavy atom. The second kappa shape index (κ2) is 10.4. The number of fused-ring (bicyclic) bond motifs is 1. The highest BCUT2D eigenvalue weighted by Crippen LogP contribution is 2.39. The van der Waals surface area contributed by atoms with Crippen LogP contribution in [0.25, 0.3) is 5.65 Å². The van der Waals surface area contributed by atoms with E-state index < -0.39 is 23.8 Å². The number of carbonyl (C=O) groups is 2. The Bertz CT molecular complexity index is 1400. The average molecular weight is 550 g/mol. The first kappa shape index (κ1) is 27.9. The van der Waals surface area contributed by atoms with Crippen LogP contribution in [0.15, 0.2) is 36.4 Å². The lowest BCUT2D eigenvalue weighted by atomic mass is 9.82. The van der Waals surface area contributed by atoms with E-state index in [0.29, 0.717) is 47.3 Å². The van der Waals surface area contributed by atoms with Crippen LogP contribution in [0.4, 0.5) is 11.6 Å². The van der Waals surface area contributed by atoms with Crippen LogP contribution in [0.1, 0.15) is 71.2 Å². The smallest absolute Gasteiger partial charge is 0.337 e. The number of anilines is 2. The molecule has 5 rings (SSSR count). The molecule has 2 fully saturated rings. The Morgan fingerprint density at radius 1 is 1.12 bits per heavy atom. The number of benzene rings is 1. The molecule has 2 aliphatic heterocycles. The maximum atomic E-state index is 13.4. The molecule has 1 N–H and O–H groups in total. The second-order valence-corrected chi connectivity index (χ2v) is 12.5. The van der Waals surface area contributed by atoms with E-state index in [0.717, 1.165) is 25.9 Å². The molecule has 4 heterocycles. The maximum Gasteiger partial charge on any atom is 0.337 e. The molecule has 40 heavy (non-hydrogen) atoms. The molecule has 214 valence electrons. The van der Waals surface area contributed by atoms with Gasteiger partial charge in [0.05, 0.1) is 11.2 Å². The van der Waals surface area contributed by atoms with Gasteiger partial charge in [0.15, 0.2) is 23.7 Å². The maximum absolute atomic E-state index is 13.4. The predicted octanol–water partition coefficient (Wildman–Crippen LogP) is 4.79. The minimum absolute atomic E-state index is 0.162. The van der Waals surface area contributed by atoms with Crippen molar-refractivity contribution in [2.45, 2.75) is 78.6 Å². The Labute approximate surface area is 234 Å². The third-order valence-electron chi connectivity index (χ3n) is 7.62. The van der Waals surface area contributed by atoms with Gasteiger partial charge in [-0.15, -0.1) is 5.10 Å². The van der Waals surface area contributed by atoms with E-state index in [2.05, 4.69) is 18.7 Å². The lowest BCUT2D eigenvalue weighted by Crippen LogP contribution is -2.40. The number of piperidine rings is 1. The Hall–Kier alpha value is -3.66. The number of aryl methyl sites for hydroxylation is 1. The number of rotatable bonds is 7. The van der Waals surface area contributed by atoms with Crippen LogP contribution >= 0.6 is 0 Å². The quantitative estimate of drug-likeness (QED) is 0.448. The molecule has 2 unspecified atom stereocenters. The van der Waals surface area contributed by atoms with Gasteiger partial charge in [-0.2, -0.15) is 4.52 Å². The first-order valence-electron chi connectivity index (χ1n) is 13.9. The summed E-state index contributed by atoms with van der Waals surface area (Å²) in [4.78, 5) is 34.5. The largest absolute Gasteiger partial charge is 0.481 e. The second-order valence-electron chi connectivity index (χ2n) is 12.5. The number of carboxylic acid groups (broad SMARTS) is 1. The highest BCUT2D eigenvalue weighted by atomic mass is 16.5. The standard InChI is InChI=1S/C30H39N5O5/c1-19-24(25(28(37)38)40-29(2,3)4)26(33-16-13-30(5,6)14-17-33)35-22(31-19)18-23(32-35)34-15-12-21(27(34)36)39-20-10-8-7-9-11-20/h7-11,18,21,25H,12-17H2,1-6H3,(H,37,38). The fourth-order valence-electron chi connectivity index (χ4n) is 5.41. The van der Waals surface area contributed by atoms with Crippen molar-refractivity contribution in [3.8, 4) is 5.75 Å². The van der Waals surface area contributed by atoms with Crippen LogP contribution in [0.2, 0.25) is 0 Å². The summed E-state index contributed by atoms with van der Waals surface area (Å²) in [6.07, 6.45) is 0.604. The van der Waals surface area contributed by atoms with Gasteiger partial charge >= 0.3 is 5.97 Å². The van der Waals surface area contributed by atoms with Crippen LogP contribution in [-0.2, 0) is 14.3 Å². The molecule has 0 bridgehead atoms. The topological polar surface area (TPSA) is 110 Å². The normalized spacial score (nSPS) is 20.2. The minimum atomic E-state index is -1.23. The summed E-state index contributed by atoms with van der Waals surface area (Å²) in [6, 6.07) is 11.1. The summed E-state index contributed by atoms with van der Waals surface area (Å²) >= 11 is 0. The molecule has 10 heteroatoms. The van der Waals surface area contributed by atoms with Crippen LogP contribution in [0.3, 0.4) is 0 Å². The van der Waals surface area contributed by atoms with Gasteiger partial charge in [0.25, 0.3) is 5.91 Å². The van der Waals surface area contributed by atoms with E-state index in [1.54, 1.807) is 15.5 Å². The number of aromatic nitrogens is 3. The number of amides is 1. The molecule has 2 atom stereocenters. The van der Waals surface area contributed by atoms with Crippen molar-refractivity contribution in [3.63, 3.8) is 0 Å². The highest BCUT2D eigenvalue weighted by molar-refractivity contribution is 5.98. The van der Waals surface area contributed by atoms with E-state index in [-0.39, 0.29) is 11.3 Å². The molecule has 1 aromatic carbocycles.